The van der Waals surface area contributed by atoms with Crippen molar-refractivity contribution in [1.29, 1.82) is 0 Å². The lowest BCUT2D eigenvalue weighted by Crippen LogP contribution is -2.21. The fraction of sp³-hybridized carbons (Fsp3) is 0.333. The number of rotatable bonds is 4. The molecule has 1 aromatic carbocycles. The molecule has 23 heavy (non-hydrogen) atoms. The van der Waals surface area contributed by atoms with E-state index in [1.165, 1.54) is 0 Å². The molecule has 122 valence electrons. The van der Waals surface area contributed by atoms with Crippen LogP contribution in [0.5, 0.6) is 0 Å². The van der Waals surface area contributed by atoms with E-state index >= 15 is 0 Å². The average Bonchev–Trinajstić information content (AvgIpc) is 2.77. The van der Waals surface area contributed by atoms with Crippen LogP contribution in [0.3, 0.4) is 0 Å². The van der Waals surface area contributed by atoms with Crippen molar-refractivity contribution in [1.82, 2.24) is 9.97 Å². The molecule has 0 aliphatic carbocycles. The highest BCUT2D eigenvalue weighted by Gasteiger charge is 2.28. The molecular weight excluding hydrogens is 380 g/mol. The summed E-state index contributed by atoms with van der Waals surface area (Å²) in [5.74, 6) is 1.51. The Morgan fingerprint density at radius 1 is 1.26 bits per heavy atom. The molecule has 1 fully saturated rings. The molecule has 8 heteroatoms. The van der Waals surface area contributed by atoms with Crippen LogP contribution < -0.4 is 10.6 Å². The van der Waals surface area contributed by atoms with E-state index in [0.717, 1.165) is 15.9 Å². The van der Waals surface area contributed by atoms with Crippen LogP contribution in [-0.2, 0) is 9.84 Å². The highest BCUT2D eigenvalue weighted by Crippen LogP contribution is 2.21. The minimum Gasteiger partial charge on any atom is -0.366 e. The van der Waals surface area contributed by atoms with E-state index in [0.29, 0.717) is 18.2 Å². The summed E-state index contributed by atoms with van der Waals surface area (Å²) in [6, 6.07) is 9.44. The van der Waals surface area contributed by atoms with E-state index < -0.39 is 9.84 Å². The Morgan fingerprint density at radius 2 is 2.09 bits per heavy atom. The number of hydrogen-bond donors (Lipinski definition) is 2. The normalized spacial score (nSPS) is 19.5. The molecule has 1 aliphatic heterocycles. The van der Waals surface area contributed by atoms with Crippen LogP contribution in [0.15, 0.2) is 34.8 Å². The SMILES string of the molecule is Cc1cc(NC2CCS(=O)(=O)C2)nc(Nc2cccc(Br)c2)n1. The zero-order chi connectivity index (χ0) is 16.4. The van der Waals surface area contributed by atoms with Gasteiger partial charge in [-0.3, -0.25) is 0 Å². The van der Waals surface area contributed by atoms with Gasteiger partial charge in [-0.1, -0.05) is 22.0 Å². The maximum Gasteiger partial charge on any atom is 0.229 e. The zero-order valence-electron chi connectivity index (χ0n) is 12.6. The van der Waals surface area contributed by atoms with Gasteiger partial charge in [-0.15, -0.1) is 0 Å². The number of halogens is 1. The zero-order valence-corrected chi connectivity index (χ0v) is 15.0. The Hall–Kier alpha value is -1.67. The number of aromatic nitrogens is 2. The molecule has 0 spiro atoms. The second kappa shape index (κ2) is 6.45. The molecule has 0 amide bonds. The summed E-state index contributed by atoms with van der Waals surface area (Å²) in [7, 11) is -2.92. The molecule has 1 aromatic heterocycles. The Morgan fingerprint density at radius 3 is 2.78 bits per heavy atom. The molecule has 2 aromatic rings. The van der Waals surface area contributed by atoms with Gasteiger partial charge in [0.15, 0.2) is 9.84 Å². The largest absolute Gasteiger partial charge is 0.366 e. The molecule has 1 atom stereocenters. The highest BCUT2D eigenvalue weighted by atomic mass is 79.9. The van der Waals surface area contributed by atoms with E-state index in [1.807, 2.05) is 37.3 Å². The first-order chi connectivity index (χ1) is 10.9. The number of sulfone groups is 1. The van der Waals surface area contributed by atoms with Gasteiger partial charge in [-0.2, -0.15) is 4.98 Å². The van der Waals surface area contributed by atoms with Gasteiger partial charge < -0.3 is 10.6 Å². The fourth-order valence-corrected chi connectivity index (χ4v) is 4.58. The number of nitrogens with one attached hydrogen (secondary N) is 2. The summed E-state index contributed by atoms with van der Waals surface area (Å²) in [4.78, 5) is 8.79. The van der Waals surface area contributed by atoms with E-state index in [1.54, 1.807) is 0 Å². The van der Waals surface area contributed by atoms with Crippen molar-refractivity contribution < 1.29 is 8.42 Å². The van der Waals surface area contributed by atoms with Crippen LogP contribution in [-0.4, -0.2) is 35.9 Å². The Labute approximate surface area is 143 Å². The first kappa shape index (κ1) is 16.2. The second-order valence-corrected chi connectivity index (χ2v) is 8.74. The Balaban J connectivity index is 1.76. The minimum absolute atomic E-state index is 0.0898. The molecule has 0 saturated carbocycles. The number of nitrogens with zero attached hydrogens (tertiary/aromatic N) is 2. The number of anilines is 3. The summed E-state index contributed by atoms with van der Waals surface area (Å²) in [5.41, 5.74) is 1.68. The molecule has 0 radical (unpaired) electrons. The van der Waals surface area contributed by atoms with Crippen molar-refractivity contribution in [3.05, 3.63) is 40.5 Å². The van der Waals surface area contributed by atoms with Crippen LogP contribution >= 0.6 is 15.9 Å². The molecule has 3 rings (SSSR count). The summed E-state index contributed by atoms with van der Waals surface area (Å²) >= 11 is 3.42. The van der Waals surface area contributed by atoms with Crippen molar-refractivity contribution in [3.8, 4) is 0 Å². The molecule has 0 bridgehead atoms. The van der Waals surface area contributed by atoms with E-state index in [9.17, 15) is 8.42 Å². The topological polar surface area (TPSA) is 84.0 Å². The molecular formula is C15H17BrN4O2S. The van der Waals surface area contributed by atoms with Gasteiger partial charge in [0.05, 0.1) is 11.5 Å². The lowest BCUT2D eigenvalue weighted by Gasteiger charge is -2.13. The third-order valence-corrected chi connectivity index (χ3v) is 5.78. The summed E-state index contributed by atoms with van der Waals surface area (Å²) in [6.45, 7) is 1.88. The van der Waals surface area contributed by atoms with Crippen LogP contribution in [0.4, 0.5) is 17.5 Å². The predicted molar refractivity (Wildman–Crippen MR) is 94.9 cm³/mol. The molecule has 1 aliphatic rings. The van der Waals surface area contributed by atoms with Crippen LogP contribution in [0.25, 0.3) is 0 Å². The fourth-order valence-electron chi connectivity index (χ4n) is 2.51. The van der Waals surface area contributed by atoms with Crippen molar-refractivity contribution in [2.75, 3.05) is 22.1 Å². The van der Waals surface area contributed by atoms with E-state index in [4.69, 9.17) is 0 Å². The summed E-state index contributed by atoms with van der Waals surface area (Å²) in [5, 5.41) is 6.35. The van der Waals surface area contributed by atoms with Crippen LogP contribution in [0.2, 0.25) is 0 Å². The smallest absolute Gasteiger partial charge is 0.229 e. The van der Waals surface area contributed by atoms with Gasteiger partial charge in [0.25, 0.3) is 0 Å². The van der Waals surface area contributed by atoms with Crippen molar-refractivity contribution >= 4 is 43.2 Å². The standard InChI is InChI=1S/C15H17BrN4O2S/c1-10-7-14(18-13-5-6-23(21,22)9-13)20-15(17-10)19-12-4-2-3-11(16)8-12/h2-4,7-8,13H,5-6,9H2,1H3,(H2,17,18,19,20). The van der Waals surface area contributed by atoms with Gasteiger partial charge >= 0.3 is 0 Å². The summed E-state index contributed by atoms with van der Waals surface area (Å²) in [6.07, 6.45) is 0.611. The number of aryl methyl sites for hydroxylation is 1. The van der Waals surface area contributed by atoms with Crippen LogP contribution in [0, 0.1) is 6.92 Å². The predicted octanol–water partition coefficient (Wildman–Crippen LogP) is 2.89. The van der Waals surface area contributed by atoms with Crippen molar-refractivity contribution in [2.24, 2.45) is 0 Å². The first-order valence-corrected chi connectivity index (χ1v) is 9.86. The molecule has 1 saturated heterocycles. The van der Waals surface area contributed by atoms with Gasteiger partial charge in [0.1, 0.15) is 5.82 Å². The Kier molecular flexibility index (Phi) is 4.54. The quantitative estimate of drug-likeness (QED) is 0.826. The summed E-state index contributed by atoms with van der Waals surface area (Å²) < 4.78 is 24.1. The third-order valence-electron chi connectivity index (χ3n) is 3.52. The maximum atomic E-state index is 11.5. The van der Waals surface area contributed by atoms with Crippen molar-refractivity contribution in [3.63, 3.8) is 0 Å². The highest BCUT2D eigenvalue weighted by molar-refractivity contribution is 9.10. The average molecular weight is 397 g/mol. The molecule has 6 nitrogen and oxygen atoms in total. The first-order valence-electron chi connectivity index (χ1n) is 7.25. The van der Waals surface area contributed by atoms with E-state index in [2.05, 4.69) is 36.5 Å². The maximum absolute atomic E-state index is 11.5. The van der Waals surface area contributed by atoms with E-state index in [-0.39, 0.29) is 17.5 Å². The van der Waals surface area contributed by atoms with Gasteiger partial charge in [0, 0.05) is 28.0 Å². The minimum atomic E-state index is -2.92. The number of hydrogen-bond acceptors (Lipinski definition) is 6. The van der Waals surface area contributed by atoms with Gasteiger partial charge in [0.2, 0.25) is 5.95 Å². The van der Waals surface area contributed by atoms with Gasteiger partial charge in [-0.05, 0) is 31.5 Å². The molecule has 1 unspecified atom stereocenters. The van der Waals surface area contributed by atoms with Crippen molar-refractivity contribution in [2.45, 2.75) is 19.4 Å². The monoisotopic (exact) mass is 396 g/mol. The number of benzene rings is 1. The lowest BCUT2D eigenvalue weighted by atomic mass is 10.2. The van der Waals surface area contributed by atoms with Gasteiger partial charge in [-0.25, -0.2) is 13.4 Å². The third kappa shape index (κ3) is 4.42. The lowest BCUT2D eigenvalue weighted by molar-refractivity contribution is 0.602. The Bertz CT molecular complexity index is 826. The second-order valence-electron chi connectivity index (χ2n) is 5.60. The molecule has 2 heterocycles. The van der Waals surface area contributed by atoms with Crippen LogP contribution in [0.1, 0.15) is 12.1 Å². The molecule has 2 N–H and O–H groups in total.